The van der Waals surface area contributed by atoms with Crippen molar-refractivity contribution in [1.82, 2.24) is 10.2 Å². The number of fused-ring (bicyclic) bond motifs is 1. The quantitative estimate of drug-likeness (QED) is 0.518. The van der Waals surface area contributed by atoms with E-state index in [0.29, 0.717) is 12.6 Å². The molecular weight excluding hydrogens is 156 g/mol. The number of morpholine rings is 1. The lowest BCUT2D eigenvalue weighted by Crippen LogP contribution is -2.49. The van der Waals surface area contributed by atoms with Gasteiger partial charge < -0.3 is 15.0 Å². The molecule has 12 heavy (non-hydrogen) atoms. The van der Waals surface area contributed by atoms with Crippen LogP contribution in [0.25, 0.3) is 0 Å². The summed E-state index contributed by atoms with van der Waals surface area (Å²) in [7, 11) is 0. The van der Waals surface area contributed by atoms with E-state index in [1.807, 2.05) is 4.90 Å². The number of nitrogens with zero attached hydrogens (tertiary/aromatic N) is 1. The van der Waals surface area contributed by atoms with Crippen LogP contribution in [0.1, 0.15) is 6.42 Å². The summed E-state index contributed by atoms with van der Waals surface area (Å²) in [6.07, 6.45) is 1.02. The highest BCUT2D eigenvalue weighted by molar-refractivity contribution is 5.78. The van der Waals surface area contributed by atoms with E-state index in [1.165, 1.54) is 0 Å². The number of hydrogen-bond acceptors (Lipinski definition) is 3. The largest absolute Gasteiger partial charge is 0.369 e. The Morgan fingerprint density at radius 3 is 3.33 bits per heavy atom. The topological polar surface area (TPSA) is 41.6 Å². The molecule has 0 aromatic rings. The zero-order valence-electron chi connectivity index (χ0n) is 7.08. The molecule has 4 nitrogen and oxygen atoms in total. The number of rotatable bonds is 0. The highest BCUT2D eigenvalue weighted by Crippen LogP contribution is 2.12. The minimum Gasteiger partial charge on any atom is -0.369 e. The first kappa shape index (κ1) is 8.01. The maximum absolute atomic E-state index is 11.4. The number of nitrogens with one attached hydrogen (secondary N) is 1. The predicted octanol–water partition coefficient (Wildman–Crippen LogP) is -0.793. The Morgan fingerprint density at radius 2 is 2.42 bits per heavy atom. The van der Waals surface area contributed by atoms with Crippen LogP contribution in [0, 0.1) is 0 Å². The van der Waals surface area contributed by atoms with E-state index in [2.05, 4.69) is 5.32 Å². The normalized spacial score (nSPS) is 31.2. The molecule has 1 atom stereocenters. The molecule has 4 heteroatoms. The van der Waals surface area contributed by atoms with Crippen LogP contribution in [-0.4, -0.2) is 49.7 Å². The van der Waals surface area contributed by atoms with Crippen LogP contribution in [0.3, 0.4) is 0 Å². The highest BCUT2D eigenvalue weighted by Gasteiger charge is 2.29. The fourth-order valence-corrected chi connectivity index (χ4v) is 1.80. The molecule has 1 amide bonds. The Kier molecular flexibility index (Phi) is 2.28. The van der Waals surface area contributed by atoms with Gasteiger partial charge in [0.05, 0.1) is 12.6 Å². The third kappa shape index (κ3) is 1.44. The molecule has 0 radical (unpaired) electrons. The summed E-state index contributed by atoms with van der Waals surface area (Å²) in [5.41, 5.74) is 0. The van der Waals surface area contributed by atoms with Crippen molar-refractivity contribution in [2.75, 3.05) is 32.8 Å². The average molecular weight is 170 g/mol. The van der Waals surface area contributed by atoms with Crippen molar-refractivity contribution < 1.29 is 9.53 Å². The van der Waals surface area contributed by atoms with Gasteiger partial charge in [-0.2, -0.15) is 0 Å². The molecule has 68 valence electrons. The summed E-state index contributed by atoms with van der Waals surface area (Å²) in [5.74, 6) is 0.148. The van der Waals surface area contributed by atoms with E-state index >= 15 is 0 Å². The van der Waals surface area contributed by atoms with Gasteiger partial charge in [0, 0.05) is 13.1 Å². The molecule has 2 fully saturated rings. The first-order chi connectivity index (χ1) is 5.88. The van der Waals surface area contributed by atoms with E-state index in [0.717, 1.165) is 26.1 Å². The molecule has 0 spiro atoms. The van der Waals surface area contributed by atoms with E-state index < -0.39 is 0 Å². The SMILES string of the molecule is O=C1COCC2CCNCCN12. The van der Waals surface area contributed by atoms with Crippen molar-refractivity contribution in [1.29, 1.82) is 0 Å². The van der Waals surface area contributed by atoms with Crippen LogP contribution in [-0.2, 0) is 9.53 Å². The summed E-state index contributed by atoms with van der Waals surface area (Å²) in [6, 6.07) is 0.321. The highest BCUT2D eigenvalue weighted by atomic mass is 16.5. The Hall–Kier alpha value is -0.610. The molecule has 0 aromatic heterocycles. The second kappa shape index (κ2) is 3.41. The average Bonchev–Trinajstić information content (AvgIpc) is 2.30. The fourth-order valence-electron chi connectivity index (χ4n) is 1.80. The Balaban J connectivity index is 2.05. The van der Waals surface area contributed by atoms with Gasteiger partial charge in [0.25, 0.3) is 0 Å². The Bertz CT molecular complexity index is 184. The number of carbonyl (C=O) groups excluding carboxylic acids is 1. The third-order valence-electron chi connectivity index (χ3n) is 2.48. The van der Waals surface area contributed by atoms with Crippen molar-refractivity contribution in [2.24, 2.45) is 0 Å². The lowest BCUT2D eigenvalue weighted by Gasteiger charge is -2.33. The third-order valence-corrected chi connectivity index (χ3v) is 2.48. The van der Waals surface area contributed by atoms with Crippen LogP contribution in [0.5, 0.6) is 0 Å². The second-order valence-electron chi connectivity index (χ2n) is 3.29. The maximum Gasteiger partial charge on any atom is 0.248 e. The molecule has 2 rings (SSSR count). The van der Waals surface area contributed by atoms with E-state index in [9.17, 15) is 4.79 Å². The van der Waals surface area contributed by atoms with E-state index in [4.69, 9.17) is 4.74 Å². The molecule has 2 saturated heterocycles. The molecule has 0 aromatic carbocycles. The van der Waals surface area contributed by atoms with Gasteiger partial charge in [-0.1, -0.05) is 0 Å². The molecule has 0 saturated carbocycles. The van der Waals surface area contributed by atoms with Gasteiger partial charge in [0.2, 0.25) is 5.91 Å². The molecule has 2 heterocycles. The summed E-state index contributed by atoms with van der Waals surface area (Å²) in [4.78, 5) is 13.3. The Morgan fingerprint density at radius 1 is 1.50 bits per heavy atom. The molecule has 2 aliphatic rings. The first-order valence-electron chi connectivity index (χ1n) is 4.46. The van der Waals surface area contributed by atoms with Gasteiger partial charge in [0.1, 0.15) is 6.61 Å². The Labute approximate surface area is 71.9 Å². The minimum atomic E-state index is 0.148. The fraction of sp³-hybridized carbons (Fsp3) is 0.875. The van der Waals surface area contributed by atoms with Crippen molar-refractivity contribution in [2.45, 2.75) is 12.5 Å². The molecular formula is C8H14N2O2. The number of hydrogen-bond donors (Lipinski definition) is 1. The predicted molar refractivity (Wildman–Crippen MR) is 43.8 cm³/mol. The summed E-state index contributed by atoms with van der Waals surface area (Å²) < 4.78 is 5.19. The van der Waals surface area contributed by atoms with Gasteiger partial charge >= 0.3 is 0 Å². The second-order valence-corrected chi connectivity index (χ2v) is 3.29. The molecule has 0 bridgehead atoms. The molecule has 1 unspecified atom stereocenters. The summed E-state index contributed by atoms with van der Waals surface area (Å²) in [5, 5.41) is 3.27. The number of amides is 1. The number of carbonyl (C=O) groups is 1. The maximum atomic E-state index is 11.4. The molecule has 0 aliphatic carbocycles. The standard InChI is InChI=1S/C8H14N2O2/c11-8-6-12-5-7-1-2-9-3-4-10(7)8/h7,9H,1-6H2. The van der Waals surface area contributed by atoms with Gasteiger partial charge in [-0.15, -0.1) is 0 Å². The van der Waals surface area contributed by atoms with Gasteiger partial charge in [-0.3, -0.25) is 4.79 Å². The molecule has 2 aliphatic heterocycles. The van der Waals surface area contributed by atoms with Crippen LogP contribution in [0.2, 0.25) is 0 Å². The van der Waals surface area contributed by atoms with Crippen LogP contribution in [0.15, 0.2) is 0 Å². The van der Waals surface area contributed by atoms with E-state index in [1.54, 1.807) is 0 Å². The lowest BCUT2D eigenvalue weighted by molar-refractivity contribution is -0.147. The van der Waals surface area contributed by atoms with Crippen molar-refractivity contribution in [3.63, 3.8) is 0 Å². The molecule has 1 N–H and O–H groups in total. The zero-order chi connectivity index (χ0) is 8.39. The lowest BCUT2D eigenvalue weighted by atomic mass is 10.1. The van der Waals surface area contributed by atoms with Crippen LogP contribution in [0.4, 0.5) is 0 Å². The summed E-state index contributed by atoms with van der Waals surface area (Å²) >= 11 is 0. The van der Waals surface area contributed by atoms with Crippen molar-refractivity contribution in [3.8, 4) is 0 Å². The van der Waals surface area contributed by atoms with Crippen LogP contribution >= 0.6 is 0 Å². The monoisotopic (exact) mass is 170 g/mol. The van der Waals surface area contributed by atoms with E-state index in [-0.39, 0.29) is 12.5 Å². The number of ether oxygens (including phenoxy) is 1. The zero-order valence-corrected chi connectivity index (χ0v) is 7.08. The smallest absolute Gasteiger partial charge is 0.248 e. The first-order valence-corrected chi connectivity index (χ1v) is 4.46. The van der Waals surface area contributed by atoms with Crippen molar-refractivity contribution in [3.05, 3.63) is 0 Å². The van der Waals surface area contributed by atoms with Gasteiger partial charge in [-0.05, 0) is 13.0 Å². The minimum absolute atomic E-state index is 0.148. The van der Waals surface area contributed by atoms with Gasteiger partial charge in [-0.25, -0.2) is 0 Å². The summed E-state index contributed by atoms with van der Waals surface area (Å²) in [6.45, 7) is 3.75. The van der Waals surface area contributed by atoms with Crippen LogP contribution < -0.4 is 5.32 Å². The van der Waals surface area contributed by atoms with Crippen molar-refractivity contribution >= 4 is 5.91 Å². The van der Waals surface area contributed by atoms with Gasteiger partial charge in [0.15, 0.2) is 0 Å².